The minimum absolute atomic E-state index is 0.375. The monoisotopic (exact) mass is 461 g/mol. The third-order valence-electron chi connectivity index (χ3n) is 5.70. The average molecular weight is 461 g/mol. The fourth-order valence-electron chi connectivity index (χ4n) is 3.79. The summed E-state index contributed by atoms with van der Waals surface area (Å²) < 4.78 is 56.5. The number of alkyl halides is 3. The maximum atomic E-state index is 13.2. The van der Waals surface area contributed by atoms with Gasteiger partial charge < -0.3 is 19.5 Å². The van der Waals surface area contributed by atoms with Crippen LogP contribution in [-0.2, 0) is 10.9 Å². The number of halogens is 3. The summed E-state index contributed by atoms with van der Waals surface area (Å²) >= 11 is 0. The van der Waals surface area contributed by atoms with Gasteiger partial charge in [-0.2, -0.15) is 13.2 Å². The van der Waals surface area contributed by atoms with E-state index in [4.69, 9.17) is 14.2 Å². The molecule has 0 spiro atoms. The van der Waals surface area contributed by atoms with Gasteiger partial charge in [-0.3, -0.25) is 0 Å². The van der Waals surface area contributed by atoms with Gasteiger partial charge in [0.15, 0.2) is 11.5 Å². The lowest BCUT2D eigenvalue weighted by molar-refractivity contribution is -0.137. The van der Waals surface area contributed by atoms with Gasteiger partial charge in [0.25, 0.3) is 0 Å². The Labute approximate surface area is 190 Å². The van der Waals surface area contributed by atoms with E-state index >= 15 is 0 Å². The molecule has 1 N–H and O–H groups in total. The molecule has 0 radical (unpaired) electrons. The average Bonchev–Trinajstić information content (AvgIpc) is 3.52. The van der Waals surface area contributed by atoms with Crippen LogP contribution in [0.25, 0.3) is 10.9 Å². The number of nitrogens with zero attached hydrogens (tertiary/aromatic N) is 2. The Hall–Kier alpha value is -3.07. The maximum absolute atomic E-state index is 13.2. The van der Waals surface area contributed by atoms with E-state index in [1.54, 1.807) is 40.2 Å². The molecular weight excluding hydrogens is 435 g/mol. The highest BCUT2D eigenvalue weighted by atomic mass is 19.4. The topological polar surface area (TPSA) is 65.5 Å². The molecule has 33 heavy (non-hydrogen) atoms. The number of anilines is 1. The number of methoxy groups -OCH3 is 2. The summed E-state index contributed by atoms with van der Waals surface area (Å²) in [5, 5.41) is 3.93. The standard InChI is InChI=1S/C24H26F3N3O3/c1-14(16-6-5-7-17(10-16)24(25,26)27)28-22-18-11-21(33-23(8-9-23)13-31-3)20(32-4)12-19(18)29-15(2)30-22/h5-7,10-12,14H,8-9,13H2,1-4H3,(H,28,29,30)/t14-/m1/s1. The van der Waals surface area contributed by atoms with E-state index in [1.165, 1.54) is 6.07 Å². The molecule has 176 valence electrons. The van der Waals surface area contributed by atoms with Crippen LogP contribution in [0, 0.1) is 6.92 Å². The molecule has 1 atom stereocenters. The van der Waals surface area contributed by atoms with E-state index in [0.29, 0.717) is 46.2 Å². The van der Waals surface area contributed by atoms with Crippen molar-refractivity contribution in [3.05, 3.63) is 53.3 Å². The third-order valence-corrected chi connectivity index (χ3v) is 5.70. The number of nitrogens with one attached hydrogen (secondary N) is 1. The number of hydrogen-bond donors (Lipinski definition) is 1. The Morgan fingerprint density at radius 3 is 2.48 bits per heavy atom. The normalized spacial score (nSPS) is 15.8. The second kappa shape index (κ2) is 8.70. The predicted molar refractivity (Wildman–Crippen MR) is 119 cm³/mol. The fourth-order valence-corrected chi connectivity index (χ4v) is 3.79. The highest BCUT2D eigenvalue weighted by molar-refractivity contribution is 5.92. The van der Waals surface area contributed by atoms with E-state index in [9.17, 15) is 13.2 Å². The summed E-state index contributed by atoms with van der Waals surface area (Å²) in [5.41, 5.74) is 0.0733. The second-order valence-corrected chi connectivity index (χ2v) is 8.35. The van der Waals surface area contributed by atoms with Gasteiger partial charge in [-0.1, -0.05) is 12.1 Å². The molecule has 1 heterocycles. The van der Waals surface area contributed by atoms with Gasteiger partial charge in [0.1, 0.15) is 17.2 Å². The Morgan fingerprint density at radius 2 is 1.85 bits per heavy atom. The number of rotatable bonds is 8. The van der Waals surface area contributed by atoms with E-state index in [-0.39, 0.29) is 5.60 Å². The molecule has 0 bridgehead atoms. The zero-order valence-electron chi connectivity index (χ0n) is 18.9. The van der Waals surface area contributed by atoms with Crippen molar-refractivity contribution >= 4 is 16.7 Å². The molecule has 6 nitrogen and oxygen atoms in total. The Kier molecular flexibility index (Phi) is 6.09. The lowest BCUT2D eigenvalue weighted by atomic mass is 10.0. The Bertz CT molecular complexity index is 1160. The molecule has 3 aromatic rings. The van der Waals surface area contributed by atoms with Gasteiger partial charge in [-0.25, -0.2) is 9.97 Å². The van der Waals surface area contributed by atoms with Crippen LogP contribution in [0.2, 0.25) is 0 Å². The van der Waals surface area contributed by atoms with Crippen LogP contribution in [0.15, 0.2) is 36.4 Å². The lowest BCUT2D eigenvalue weighted by Gasteiger charge is -2.21. The predicted octanol–water partition coefficient (Wildman–Crippen LogP) is 5.70. The zero-order valence-corrected chi connectivity index (χ0v) is 18.9. The molecule has 1 aliphatic rings. The number of aromatic nitrogens is 2. The fraction of sp³-hybridized carbons (Fsp3) is 0.417. The molecule has 1 aliphatic carbocycles. The summed E-state index contributed by atoms with van der Waals surface area (Å²) in [4.78, 5) is 9.02. The molecule has 0 saturated heterocycles. The molecule has 9 heteroatoms. The maximum Gasteiger partial charge on any atom is 0.416 e. The van der Waals surface area contributed by atoms with Crippen molar-refractivity contribution in [1.82, 2.24) is 9.97 Å². The van der Waals surface area contributed by atoms with E-state index in [0.717, 1.165) is 25.0 Å². The zero-order chi connectivity index (χ0) is 23.8. The van der Waals surface area contributed by atoms with E-state index in [2.05, 4.69) is 15.3 Å². The summed E-state index contributed by atoms with van der Waals surface area (Å²) in [6.07, 6.45) is -2.65. The number of aryl methyl sites for hydroxylation is 1. The number of fused-ring (bicyclic) bond motifs is 1. The van der Waals surface area contributed by atoms with Crippen molar-refractivity contribution in [2.75, 3.05) is 26.1 Å². The first kappa shape index (κ1) is 23.1. The van der Waals surface area contributed by atoms with Gasteiger partial charge in [0.05, 0.1) is 24.8 Å². The van der Waals surface area contributed by atoms with Gasteiger partial charge in [0, 0.05) is 24.6 Å². The first-order valence-corrected chi connectivity index (χ1v) is 10.6. The van der Waals surface area contributed by atoms with Crippen LogP contribution >= 0.6 is 0 Å². The van der Waals surface area contributed by atoms with Crippen LogP contribution in [0.5, 0.6) is 11.5 Å². The Morgan fingerprint density at radius 1 is 1.09 bits per heavy atom. The van der Waals surface area contributed by atoms with Gasteiger partial charge in [0.2, 0.25) is 0 Å². The minimum Gasteiger partial charge on any atom is -0.493 e. The number of ether oxygens (including phenoxy) is 3. The lowest BCUT2D eigenvalue weighted by Crippen LogP contribution is -2.24. The molecular formula is C24H26F3N3O3. The number of hydrogen-bond acceptors (Lipinski definition) is 6. The van der Waals surface area contributed by atoms with Crippen molar-refractivity contribution in [3.63, 3.8) is 0 Å². The summed E-state index contributed by atoms with van der Waals surface area (Å²) in [7, 11) is 3.20. The van der Waals surface area contributed by atoms with Crippen molar-refractivity contribution in [2.45, 2.75) is 44.5 Å². The largest absolute Gasteiger partial charge is 0.493 e. The summed E-state index contributed by atoms with van der Waals surface area (Å²) in [6, 6.07) is 8.42. The second-order valence-electron chi connectivity index (χ2n) is 8.35. The number of benzene rings is 2. The summed E-state index contributed by atoms with van der Waals surface area (Å²) in [6.45, 7) is 4.02. The molecule has 4 rings (SSSR count). The SMILES string of the molecule is COCC1(Oc2cc3c(N[C@H](C)c4cccc(C(F)(F)F)c4)nc(C)nc3cc2OC)CC1. The highest BCUT2D eigenvalue weighted by Crippen LogP contribution is 2.45. The van der Waals surface area contributed by atoms with Gasteiger partial charge in [-0.05, 0) is 50.5 Å². The minimum atomic E-state index is -4.41. The van der Waals surface area contributed by atoms with Crippen LogP contribution in [-0.4, -0.2) is 36.4 Å². The van der Waals surface area contributed by atoms with E-state index in [1.807, 2.05) is 6.07 Å². The van der Waals surface area contributed by atoms with Gasteiger partial charge in [-0.15, -0.1) is 0 Å². The molecule has 2 aromatic carbocycles. The first-order valence-electron chi connectivity index (χ1n) is 10.6. The van der Waals surface area contributed by atoms with Crippen molar-refractivity contribution in [2.24, 2.45) is 0 Å². The molecule has 1 saturated carbocycles. The Balaban J connectivity index is 1.70. The highest BCUT2D eigenvalue weighted by Gasteiger charge is 2.46. The van der Waals surface area contributed by atoms with Crippen LogP contribution in [0.3, 0.4) is 0 Å². The van der Waals surface area contributed by atoms with Crippen molar-refractivity contribution in [3.8, 4) is 11.5 Å². The van der Waals surface area contributed by atoms with Crippen LogP contribution < -0.4 is 14.8 Å². The van der Waals surface area contributed by atoms with Crippen molar-refractivity contribution in [1.29, 1.82) is 0 Å². The van der Waals surface area contributed by atoms with Crippen LogP contribution in [0.4, 0.5) is 19.0 Å². The summed E-state index contributed by atoms with van der Waals surface area (Å²) in [5.74, 6) is 2.11. The van der Waals surface area contributed by atoms with E-state index < -0.39 is 17.8 Å². The van der Waals surface area contributed by atoms with Crippen molar-refractivity contribution < 1.29 is 27.4 Å². The van der Waals surface area contributed by atoms with Crippen LogP contribution in [0.1, 0.15) is 42.8 Å². The molecule has 0 aliphatic heterocycles. The quantitative estimate of drug-likeness (QED) is 0.465. The van der Waals surface area contributed by atoms with Gasteiger partial charge >= 0.3 is 6.18 Å². The smallest absolute Gasteiger partial charge is 0.416 e. The molecule has 1 aromatic heterocycles. The first-order chi connectivity index (χ1) is 15.6. The molecule has 0 amide bonds. The molecule has 0 unspecified atom stereocenters. The third kappa shape index (κ3) is 4.98. The molecule has 1 fully saturated rings.